The van der Waals surface area contributed by atoms with Gasteiger partial charge < -0.3 is 15.0 Å². The average Bonchev–Trinajstić information content (AvgIpc) is 2.28. The molecule has 3 fully saturated rings. The number of ether oxygens (including phenoxy) is 1. The molecule has 3 aliphatic rings. The third-order valence-electron chi connectivity index (χ3n) is 2.97. The Morgan fingerprint density at radius 3 is 2.67 bits per heavy atom. The summed E-state index contributed by atoms with van der Waals surface area (Å²) in [5.41, 5.74) is -0.389. The molecule has 2 saturated heterocycles. The molecule has 2 aliphatic heterocycles. The molecule has 1 aliphatic carbocycles. The third-order valence-corrected chi connectivity index (χ3v) is 2.97. The fourth-order valence-electron chi connectivity index (χ4n) is 2.14. The zero-order valence-corrected chi connectivity index (χ0v) is 9.75. The Bertz CT molecular complexity index is 254. The molecule has 15 heavy (non-hydrogen) atoms. The molecule has 0 atom stereocenters. The van der Waals surface area contributed by atoms with Crippen molar-refractivity contribution in [1.29, 1.82) is 0 Å². The van der Waals surface area contributed by atoms with E-state index in [-0.39, 0.29) is 11.7 Å². The number of amides is 1. The van der Waals surface area contributed by atoms with Crippen LogP contribution < -0.4 is 5.32 Å². The van der Waals surface area contributed by atoms with E-state index in [0.29, 0.717) is 12.1 Å². The zero-order valence-electron chi connectivity index (χ0n) is 9.75. The van der Waals surface area contributed by atoms with Crippen LogP contribution in [0.5, 0.6) is 0 Å². The summed E-state index contributed by atoms with van der Waals surface area (Å²) in [5.74, 6) is 0. The van der Waals surface area contributed by atoms with E-state index in [1.165, 1.54) is 0 Å². The Balaban J connectivity index is 1.94. The number of hydrogen-bond donors (Lipinski definition) is 1. The molecule has 86 valence electrons. The molecule has 3 rings (SSSR count). The number of nitrogens with zero attached hydrogens (tertiary/aromatic N) is 1. The van der Waals surface area contributed by atoms with Crippen molar-refractivity contribution < 1.29 is 9.53 Å². The summed E-state index contributed by atoms with van der Waals surface area (Å²) in [6.45, 7) is 7.39. The number of carbonyl (C=O) groups excluding carboxylic acids is 1. The molecule has 0 radical (unpaired) electrons. The van der Waals surface area contributed by atoms with Gasteiger partial charge in [0.15, 0.2) is 0 Å². The van der Waals surface area contributed by atoms with Gasteiger partial charge in [-0.3, -0.25) is 0 Å². The van der Waals surface area contributed by atoms with Crippen molar-refractivity contribution in [2.45, 2.75) is 51.3 Å². The molecule has 1 saturated carbocycles. The van der Waals surface area contributed by atoms with Crippen molar-refractivity contribution in [2.75, 3.05) is 13.1 Å². The highest BCUT2D eigenvalue weighted by Crippen LogP contribution is 2.28. The first-order valence-corrected chi connectivity index (χ1v) is 5.69. The summed E-state index contributed by atoms with van der Waals surface area (Å²) in [4.78, 5) is 13.8. The minimum Gasteiger partial charge on any atom is -0.444 e. The highest BCUT2D eigenvalue weighted by molar-refractivity contribution is 5.69. The van der Waals surface area contributed by atoms with Crippen LogP contribution in [0.3, 0.4) is 0 Å². The number of carbonyl (C=O) groups is 1. The molecule has 2 bridgehead atoms. The fourth-order valence-corrected chi connectivity index (χ4v) is 2.14. The smallest absolute Gasteiger partial charge is 0.410 e. The van der Waals surface area contributed by atoms with Crippen molar-refractivity contribution >= 4 is 6.09 Å². The number of rotatable bonds is 0. The first-order valence-electron chi connectivity index (χ1n) is 5.69. The molecule has 0 aromatic heterocycles. The molecule has 0 spiro atoms. The van der Waals surface area contributed by atoms with E-state index >= 15 is 0 Å². The van der Waals surface area contributed by atoms with Gasteiger partial charge in [-0.2, -0.15) is 0 Å². The topological polar surface area (TPSA) is 41.6 Å². The summed E-state index contributed by atoms with van der Waals surface area (Å²) < 4.78 is 5.39. The van der Waals surface area contributed by atoms with Crippen molar-refractivity contribution in [3.63, 3.8) is 0 Å². The predicted octanol–water partition coefficient (Wildman–Crippen LogP) is 1.36. The van der Waals surface area contributed by atoms with Crippen LogP contribution in [0.1, 0.15) is 33.6 Å². The van der Waals surface area contributed by atoms with E-state index < -0.39 is 0 Å². The monoisotopic (exact) mass is 212 g/mol. The van der Waals surface area contributed by atoms with Crippen LogP contribution in [0, 0.1) is 0 Å². The molecule has 4 nitrogen and oxygen atoms in total. The van der Waals surface area contributed by atoms with Crippen molar-refractivity contribution in [3.05, 3.63) is 0 Å². The SMILES string of the molecule is CC(C)(C)OC(=O)N1CCNC2CC1C2. The van der Waals surface area contributed by atoms with E-state index in [4.69, 9.17) is 4.74 Å². The second kappa shape index (κ2) is 3.67. The molecule has 1 amide bonds. The maximum atomic E-state index is 11.9. The molecule has 4 heteroatoms. The molecule has 0 aromatic carbocycles. The first-order chi connectivity index (χ1) is 6.96. The summed E-state index contributed by atoms with van der Waals surface area (Å²) in [6.07, 6.45) is 2.01. The second-order valence-electron chi connectivity index (χ2n) is 5.45. The van der Waals surface area contributed by atoms with Gasteiger partial charge >= 0.3 is 6.09 Å². The third kappa shape index (κ3) is 2.43. The maximum Gasteiger partial charge on any atom is 0.410 e. The van der Waals surface area contributed by atoms with Crippen molar-refractivity contribution in [3.8, 4) is 0 Å². The summed E-state index contributed by atoms with van der Waals surface area (Å²) >= 11 is 0. The van der Waals surface area contributed by atoms with Crippen LogP contribution in [0.4, 0.5) is 4.79 Å². The van der Waals surface area contributed by atoms with Gasteiger partial charge in [0.25, 0.3) is 0 Å². The minimum absolute atomic E-state index is 0.158. The van der Waals surface area contributed by atoms with Gasteiger partial charge in [-0.25, -0.2) is 4.79 Å². The largest absolute Gasteiger partial charge is 0.444 e. The van der Waals surface area contributed by atoms with Gasteiger partial charge in [0, 0.05) is 25.2 Å². The van der Waals surface area contributed by atoms with Crippen LogP contribution in [0.15, 0.2) is 0 Å². The van der Waals surface area contributed by atoms with Gasteiger partial charge in [0.1, 0.15) is 5.60 Å². The Kier molecular flexibility index (Phi) is 2.63. The lowest BCUT2D eigenvalue weighted by Gasteiger charge is -2.39. The van der Waals surface area contributed by atoms with Crippen molar-refractivity contribution in [2.24, 2.45) is 0 Å². The number of hydrogen-bond acceptors (Lipinski definition) is 3. The summed E-state index contributed by atoms with van der Waals surface area (Å²) in [5, 5.41) is 3.41. The standard InChI is InChI=1S/C11H20N2O2/c1-11(2,3)15-10(14)13-5-4-12-8-6-9(13)7-8/h8-9,12H,4-7H2,1-3H3. The predicted molar refractivity (Wildman–Crippen MR) is 57.8 cm³/mol. The van der Waals surface area contributed by atoms with E-state index in [0.717, 1.165) is 25.9 Å². The maximum absolute atomic E-state index is 11.9. The van der Waals surface area contributed by atoms with E-state index in [2.05, 4.69) is 5.32 Å². The quantitative estimate of drug-likeness (QED) is 0.659. The average molecular weight is 212 g/mol. The van der Waals surface area contributed by atoms with Crippen LogP contribution in [0.25, 0.3) is 0 Å². The van der Waals surface area contributed by atoms with Gasteiger partial charge in [0.2, 0.25) is 0 Å². The second-order valence-corrected chi connectivity index (χ2v) is 5.45. The molecule has 1 N–H and O–H groups in total. The van der Waals surface area contributed by atoms with Crippen LogP contribution in [-0.2, 0) is 4.74 Å². The van der Waals surface area contributed by atoms with Gasteiger partial charge in [-0.15, -0.1) is 0 Å². The molecular weight excluding hydrogens is 192 g/mol. The van der Waals surface area contributed by atoms with E-state index in [9.17, 15) is 4.79 Å². The minimum atomic E-state index is -0.389. The van der Waals surface area contributed by atoms with Crippen LogP contribution in [-0.4, -0.2) is 41.8 Å². The van der Waals surface area contributed by atoms with Crippen LogP contribution in [0.2, 0.25) is 0 Å². The molecule has 2 heterocycles. The first kappa shape index (κ1) is 10.7. The lowest BCUT2D eigenvalue weighted by atomic mass is 9.87. The molecule has 0 unspecified atom stereocenters. The van der Waals surface area contributed by atoms with Gasteiger partial charge in [-0.05, 0) is 33.6 Å². The zero-order chi connectivity index (χ0) is 11.1. The van der Waals surface area contributed by atoms with E-state index in [1.54, 1.807) is 0 Å². The Morgan fingerprint density at radius 1 is 1.40 bits per heavy atom. The normalized spacial score (nSPS) is 30.5. The Hall–Kier alpha value is -0.770. The van der Waals surface area contributed by atoms with Gasteiger partial charge in [-0.1, -0.05) is 0 Å². The summed E-state index contributed by atoms with van der Waals surface area (Å²) in [7, 11) is 0. The summed E-state index contributed by atoms with van der Waals surface area (Å²) in [6, 6.07) is 1.03. The highest BCUT2D eigenvalue weighted by atomic mass is 16.6. The molecule has 0 aromatic rings. The van der Waals surface area contributed by atoms with Gasteiger partial charge in [0.05, 0.1) is 0 Å². The fraction of sp³-hybridized carbons (Fsp3) is 0.909. The number of fused-ring (bicyclic) bond motifs is 3. The lowest BCUT2D eigenvalue weighted by molar-refractivity contribution is 0.0101. The van der Waals surface area contributed by atoms with Crippen LogP contribution >= 0.6 is 0 Å². The highest BCUT2D eigenvalue weighted by Gasteiger charge is 2.39. The number of nitrogens with one attached hydrogen (secondary N) is 1. The lowest BCUT2D eigenvalue weighted by Crippen LogP contribution is -2.50. The van der Waals surface area contributed by atoms with E-state index in [1.807, 2.05) is 25.7 Å². The van der Waals surface area contributed by atoms with Crippen molar-refractivity contribution in [1.82, 2.24) is 10.2 Å². The Labute approximate surface area is 91.0 Å². The Morgan fingerprint density at radius 2 is 2.07 bits per heavy atom. The molecular formula is C11H20N2O2.